The molecule has 1 unspecified atom stereocenters. The highest BCUT2D eigenvalue weighted by molar-refractivity contribution is 5.79. The average molecular weight is 349 g/mol. The Morgan fingerprint density at radius 2 is 2.12 bits per heavy atom. The fourth-order valence-electron chi connectivity index (χ4n) is 2.74. The van der Waals surface area contributed by atoms with E-state index in [9.17, 15) is 9.59 Å². The highest BCUT2D eigenvalue weighted by atomic mass is 16.5. The third kappa shape index (κ3) is 5.94. The topological polar surface area (TPSA) is 88.7 Å². The summed E-state index contributed by atoms with van der Waals surface area (Å²) in [6, 6.07) is 5.42. The summed E-state index contributed by atoms with van der Waals surface area (Å²) in [5.41, 5.74) is 0.916. The van der Waals surface area contributed by atoms with E-state index in [1.165, 1.54) is 0 Å². The van der Waals surface area contributed by atoms with E-state index >= 15 is 0 Å². The standard InChI is InChI=1S/C18H27N3O4/c1-3-20-17(22)12-25-15-7-6-13(9-16(15)24-2)10-21-18(23)14-5-4-8-19-11-14/h6-7,9,14,19H,3-5,8,10-12H2,1-2H3,(H,20,22)(H,21,23). The third-order valence-electron chi connectivity index (χ3n) is 4.10. The highest BCUT2D eigenvalue weighted by Crippen LogP contribution is 2.28. The molecule has 0 saturated carbocycles. The number of carbonyl (C=O) groups is 2. The monoisotopic (exact) mass is 349 g/mol. The zero-order valence-corrected chi connectivity index (χ0v) is 14.9. The van der Waals surface area contributed by atoms with Gasteiger partial charge < -0.3 is 25.4 Å². The molecule has 1 saturated heterocycles. The number of amides is 2. The second-order valence-electron chi connectivity index (χ2n) is 5.99. The Labute approximate surface area is 148 Å². The van der Waals surface area contributed by atoms with Crippen LogP contribution in [0.4, 0.5) is 0 Å². The van der Waals surface area contributed by atoms with Gasteiger partial charge in [0.15, 0.2) is 18.1 Å². The van der Waals surface area contributed by atoms with Gasteiger partial charge in [0.1, 0.15) is 0 Å². The van der Waals surface area contributed by atoms with Crippen LogP contribution in [0.15, 0.2) is 18.2 Å². The summed E-state index contributed by atoms with van der Waals surface area (Å²) in [5.74, 6) is 0.968. The number of methoxy groups -OCH3 is 1. The fraction of sp³-hybridized carbons (Fsp3) is 0.556. The van der Waals surface area contributed by atoms with Crippen LogP contribution in [0.2, 0.25) is 0 Å². The van der Waals surface area contributed by atoms with Crippen LogP contribution in [0.25, 0.3) is 0 Å². The lowest BCUT2D eigenvalue weighted by Gasteiger charge is -2.22. The lowest BCUT2D eigenvalue weighted by atomic mass is 9.99. The summed E-state index contributed by atoms with van der Waals surface area (Å²) in [6.45, 7) is 4.51. The van der Waals surface area contributed by atoms with E-state index < -0.39 is 0 Å². The van der Waals surface area contributed by atoms with Crippen LogP contribution < -0.4 is 25.4 Å². The molecule has 0 spiro atoms. The van der Waals surface area contributed by atoms with Crippen LogP contribution in [0.5, 0.6) is 11.5 Å². The minimum atomic E-state index is -0.179. The third-order valence-corrected chi connectivity index (χ3v) is 4.10. The molecule has 0 aliphatic carbocycles. The first kappa shape index (κ1) is 19.1. The molecular weight excluding hydrogens is 322 g/mol. The van der Waals surface area contributed by atoms with Crippen molar-refractivity contribution < 1.29 is 19.1 Å². The molecule has 0 aromatic heterocycles. The van der Waals surface area contributed by atoms with Crippen LogP contribution in [0.1, 0.15) is 25.3 Å². The molecule has 1 atom stereocenters. The summed E-state index contributed by atoms with van der Waals surface area (Å²) in [6.07, 6.45) is 1.96. The molecule has 1 aliphatic rings. The van der Waals surface area contributed by atoms with Crippen LogP contribution in [-0.2, 0) is 16.1 Å². The minimum Gasteiger partial charge on any atom is -0.493 e. The van der Waals surface area contributed by atoms with Crippen molar-refractivity contribution in [3.63, 3.8) is 0 Å². The summed E-state index contributed by atoms with van der Waals surface area (Å²) in [4.78, 5) is 23.7. The predicted molar refractivity (Wildman–Crippen MR) is 94.6 cm³/mol. The molecule has 3 N–H and O–H groups in total. The maximum atomic E-state index is 12.2. The van der Waals surface area contributed by atoms with Gasteiger partial charge in [-0.3, -0.25) is 9.59 Å². The number of nitrogens with one attached hydrogen (secondary N) is 3. The molecule has 1 aliphatic heterocycles. The Hall–Kier alpha value is -2.28. The van der Waals surface area contributed by atoms with Crippen molar-refractivity contribution in [2.45, 2.75) is 26.3 Å². The van der Waals surface area contributed by atoms with E-state index in [0.29, 0.717) is 24.6 Å². The molecule has 1 aromatic carbocycles. The van der Waals surface area contributed by atoms with E-state index in [1.807, 2.05) is 19.1 Å². The first-order valence-electron chi connectivity index (χ1n) is 8.69. The summed E-state index contributed by atoms with van der Waals surface area (Å²) >= 11 is 0. The molecular formula is C18H27N3O4. The molecule has 25 heavy (non-hydrogen) atoms. The number of piperidine rings is 1. The Balaban J connectivity index is 1.89. The largest absolute Gasteiger partial charge is 0.493 e. The fourth-order valence-corrected chi connectivity index (χ4v) is 2.74. The molecule has 7 nitrogen and oxygen atoms in total. The molecule has 2 amide bonds. The number of hydrogen-bond acceptors (Lipinski definition) is 5. The molecule has 0 bridgehead atoms. The summed E-state index contributed by atoms with van der Waals surface area (Å²) in [5, 5.41) is 8.88. The van der Waals surface area contributed by atoms with E-state index in [0.717, 1.165) is 31.5 Å². The predicted octanol–water partition coefficient (Wildman–Crippen LogP) is 0.826. The molecule has 7 heteroatoms. The van der Waals surface area contributed by atoms with Crippen LogP contribution in [0.3, 0.4) is 0 Å². The first-order valence-corrected chi connectivity index (χ1v) is 8.69. The van der Waals surface area contributed by atoms with Gasteiger partial charge in [0, 0.05) is 19.6 Å². The maximum Gasteiger partial charge on any atom is 0.257 e. The van der Waals surface area contributed by atoms with E-state index in [1.54, 1.807) is 13.2 Å². The van der Waals surface area contributed by atoms with E-state index in [2.05, 4.69) is 16.0 Å². The molecule has 1 fully saturated rings. The van der Waals surface area contributed by atoms with Crippen molar-refractivity contribution in [1.82, 2.24) is 16.0 Å². The van der Waals surface area contributed by atoms with Gasteiger partial charge in [-0.15, -0.1) is 0 Å². The second-order valence-corrected chi connectivity index (χ2v) is 5.99. The quantitative estimate of drug-likeness (QED) is 0.647. The highest BCUT2D eigenvalue weighted by Gasteiger charge is 2.20. The van der Waals surface area contributed by atoms with Crippen molar-refractivity contribution >= 4 is 11.8 Å². The molecule has 1 heterocycles. The van der Waals surface area contributed by atoms with Gasteiger partial charge in [0.25, 0.3) is 5.91 Å². The zero-order chi connectivity index (χ0) is 18.1. The number of benzene rings is 1. The minimum absolute atomic E-state index is 0.0373. The number of hydrogen-bond donors (Lipinski definition) is 3. The van der Waals surface area contributed by atoms with Gasteiger partial charge in [-0.1, -0.05) is 6.07 Å². The van der Waals surface area contributed by atoms with E-state index in [4.69, 9.17) is 9.47 Å². The van der Waals surface area contributed by atoms with Gasteiger partial charge in [-0.2, -0.15) is 0 Å². The van der Waals surface area contributed by atoms with E-state index in [-0.39, 0.29) is 24.3 Å². The normalized spacial score (nSPS) is 16.8. The Kier molecular flexibility index (Phi) is 7.53. The SMILES string of the molecule is CCNC(=O)COc1ccc(CNC(=O)C2CCCNC2)cc1OC. The second kappa shape index (κ2) is 9.88. The van der Waals surface area contributed by atoms with Crippen LogP contribution in [-0.4, -0.2) is 45.2 Å². The maximum absolute atomic E-state index is 12.2. The lowest BCUT2D eigenvalue weighted by Crippen LogP contribution is -2.40. The number of likely N-dealkylation sites (N-methyl/N-ethyl adjacent to an activating group) is 1. The van der Waals surface area contributed by atoms with Crippen molar-refractivity contribution in [3.8, 4) is 11.5 Å². The van der Waals surface area contributed by atoms with Crippen molar-refractivity contribution in [2.24, 2.45) is 5.92 Å². The van der Waals surface area contributed by atoms with Gasteiger partial charge >= 0.3 is 0 Å². The van der Waals surface area contributed by atoms with Crippen LogP contribution >= 0.6 is 0 Å². The molecule has 138 valence electrons. The smallest absolute Gasteiger partial charge is 0.257 e. The van der Waals surface area contributed by atoms with Crippen molar-refractivity contribution in [1.29, 1.82) is 0 Å². The molecule has 1 aromatic rings. The average Bonchev–Trinajstić information content (AvgIpc) is 2.65. The molecule has 2 rings (SSSR count). The number of ether oxygens (including phenoxy) is 2. The van der Waals surface area contributed by atoms with Gasteiger partial charge in [0.05, 0.1) is 13.0 Å². The summed E-state index contributed by atoms with van der Waals surface area (Å²) < 4.78 is 10.8. The Morgan fingerprint density at radius 1 is 1.28 bits per heavy atom. The number of rotatable bonds is 8. The summed E-state index contributed by atoms with van der Waals surface area (Å²) in [7, 11) is 1.55. The molecule has 0 radical (unpaired) electrons. The van der Waals surface area contributed by atoms with Crippen molar-refractivity contribution in [2.75, 3.05) is 33.4 Å². The van der Waals surface area contributed by atoms with Gasteiger partial charge in [-0.05, 0) is 44.0 Å². The Bertz CT molecular complexity index is 586. The van der Waals surface area contributed by atoms with Crippen molar-refractivity contribution in [3.05, 3.63) is 23.8 Å². The lowest BCUT2D eigenvalue weighted by molar-refractivity contribution is -0.125. The van der Waals surface area contributed by atoms with Crippen LogP contribution in [0, 0.1) is 5.92 Å². The zero-order valence-electron chi connectivity index (χ0n) is 14.9. The number of carbonyl (C=O) groups excluding carboxylic acids is 2. The van der Waals surface area contributed by atoms with Gasteiger partial charge in [0.2, 0.25) is 5.91 Å². The first-order chi connectivity index (χ1) is 12.1. The van der Waals surface area contributed by atoms with Gasteiger partial charge in [-0.25, -0.2) is 0 Å². The Morgan fingerprint density at radius 3 is 2.80 bits per heavy atom.